The predicted octanol–water partition coefficient (Wildman–Crippen LogP) is 4.06. The van der Waals surface area contributed by atoms with Gasteiger partial charge >= 0.3 is 0 Å². The second kappa shape index (κ2) is 12.1. The van der Waals surface area contributed by atoms with Gasteiger partial charge < -0.3 is 20.9 Å². The van der Waals surface area contributed by atoms with Gasteiger partial charge in [-0.3, -0.25) is 0 Å². The molecule has 0 bridgehead atoms. The zero-order chi connectivity index (χ0) is 19.2. The van der Waals surface area contributed by atoms with E-state index in [1.165, 1.54) is 0 Å². The Morgan fingerprint density at radius 3 is 1.80 bits per heavy atom. The summed E-state index contributed by atoms with van der Waals surface area (Å²) in [6.07, 6.45) is 0. The highest BCUT2D eigenvalue weighted by Crippen LogP contribution is 2.35. The van der Waals surface area contributed by atoms with Crippen LogP contribution in [0.15, 0.2) is 36.4 Å². The molecule has 0 aromatic heterocycles. The van der Waals surface area contributed by atoms with Gasteiger partial charge in [0.2, 0.25) is 6.79 Å². The van der Waals surface area contributed by atoms with E-state index < -0.39 is 0 Å². The molecule has 25 heavy (non-hydrogen) atoms. The average Bonchev–Trinajstić information content (AvgIpc) is 3.12. The number of para-hydroxylation sites is 1. The molecule has 1 heterocycles. The molecule has 0 atom stereocenters. The Kier molecular flexibility index (Phi) is 10.5. The largest absolute Gasteiger partial charge is 0.454 e. The van der Waals surface area contributed by atoms with Crippen LogP contribution in [-0.2, 0) is 0 Å². The van der Waals surface area contributed by atoms with Crippen molar-refractivity contribution >= 4 is 11.4 Å². The first-order valence-electron chi connectivity index (χ1n) is 7.99. The zero-order valence-electron chi connectivity index (χ0n) is 15.0. The second-order valence-electron chi connectivity index (χ2n) is 4.10. The third-order valence-electron chi connectivity index (χ3n) is 2.75. The van der Waals surface area contributed by atoms with E-state index in [-0.39, 0.29) is 6.79 Å². The Bertz CT molecular complexity index is 745. The Morgan fingerprint density at radius 2 is 1.32 bits per heavy atom. The van der Waals surface area contributed by atoms with Crippen molar-refractivity contribution < 1.29 is 9.47 Å². The lowest BCUT2D eigenvalue weighted by molar-refractivity contribution is 0.174. The topological polar surface area (TPSA) is 118 Å². The van der Waals surface area contributed by atoms with E-state index in [0.29, 0.717) is 34.0 Å². The first-order chi connectivity index (χ1) is 12.2. The molecule has 2 aromatic rings. The Hall–Kier alpha value is -3.38. The van der Waals surface area contributed by atoms with E-state index in [1.54, 1.807) is 36.4 Å². The van der Waals surface area contributed by atoms with Crippen LogP contribution in [0.3, 0.4) is 0 Å². The van der Waals surface area contributed by atoms with E-state index in [2.05, 4.69) is 0 Å². The van der Waals surface area contributed by atoms with Gasteiger partial charge in [0.15, 0.2) is 11.5 Å². The molecular weight excluding hydrogens is 316 g/mol. The summed E-state index contributed by atoms with van der Waals surface area (Å²) < 4.78 is 10.1. The summed E-state index contributed by atoms with van der Waals surface area (Å²) in [6.45, 7) is 8.20. The molecule has 6 nitrogen and oxygen atoms in total. The smallest absolute Gasteiger partial charge is 0.231 e. The van der Waals surface area contributed by atoms with Gasteiger partial charge in [-0.15, -0.1) is 0 Å². The van der Waals surface area contributed by atoms with Gasteiger partial charge in [-0.05, 0) is 12.1 Å². The lowest BCUT2D eigenvalue weighted by atomic mass is 10.2. The maximum Gasteiger partial charge on any atom is 0.231 e. The highest BCUT2D eigenvalue weighted by atomic mass is 16.7. The number of anilines is 2. The van der Waals surface area contributed by atoms with E-state index in [1.807, 2.05) is 39.8 Å². The molecule has 4 N–H and O–H groups in total. The van der Waals surface area contributed by atoms with Crippen molar-refractivity contribution in [1.82, 2.24) is 0 Å². The van der Waals surface area contributed by atoms with Crippen LogP contribution in [0, 0.1) is 22.7 Å². The molecule has 0 saturated carbocycles. The van der Waals surface area contributed by atoms with Crippen molar-refractivity contribution in [3.63, 3.8) is 0 Å². The van der Waals surface area contributed by atoms with Crippen molar-refractivity contribution in [1.29, 1.82) is 10.5 Å². The number of ether oxygens (including phenoxy) is 2. The molecule has 2 aromatic carbocycles. The molecule has 1 aliphatic rings. The molecule has 3 rings (SSSR count). The lowest BCUT2D eigenvalue weighted by Gasteiger charge is -1.98. The van der Waals surface area contributed by atoms with Gasteiger partial charge in [0, 0.05) is 17.8 Å². The number of nitrogen functional groups attached to an aromatic ring is 2. The summed E-state index contributed by atoms with van der Waals surface area (Å²) in [7, 11) is 0. The predicted molar refractivity (Wildman–Crippen MR) is 100.0 cm³/mol. The van der Waals surface area contributed by atoms with Gasteiger partial charge in [-0.1, -0.05) is 39.8 Å². The third kappa shape index (κ3) is 6.32. The fourth-order valence-electron chi connectivity index (χ4n) is 1.65. The quantitative estimate of drug-likeness (QED) is 0.698. The van der Waals surface area contributed by atoms with Gasteiger partial charge in [-0.25, -0.2) is 0 Å². The van der Waals surface area contributed by atoms with Crippen molar-refractivity contribution in [2.45, 2.75) is 27.7 Å². The Labute approximate surface area is 149 Å². The number of hydrogen-bond acceptors (Lipinski definition) is 6. The summed E-state index contributed by atoms with van der Waals surface area (Å²) in [4.78, 5) is 0. The maximum absolute atomic E-state index is 8.62. The minimum Gasteiger partial charge on any atom is -0.454 e. The maximum atomic E-state index is 8.62. The Morgan fingerprint density at radius 1 is 0.800 bits per heavy atom. The molecule has 0 unspecified atom stereocenters. The number of nitrogens with two attached hydrogens (primary N) is 2. The number of fused-ring (bicyclic) bond motifs is 1. The normalized spacial score (nSPS) is 9.52. The van der Waals surface area contributed by atoms with Crippen LogP contribution >= 0.6 is 0 Å². The van der Waals surface area contributed by atoms with E-state index in [9.17, 15) is 0 Å². The van der Waals surface area contributed by atoms with Gasteiger partial charge in [0.1, 0.15) is 12.1 Å². The highest BCUT2D eigenvalue weighted by molar-refractivity contribution is 5.62. The standard InChI is InChI=1S/C8H6N2O2.C7H6N2.2C2H6/c9-3-5-1-7-8(2-6(5)10)12-4-11-7;8-5-6-3-1-2-4-7(6)9;2*1-2/h1-2H,4,10H2;1-4H,9H2;2*1-2H3. The monoisotopic (exact) mass is 340 g/mol. The van der Waals surface area contributed by atoms with Crippen LogP contribution in [0.4, 0.5) is 11.4 Å². The number of rotatable bonds is 0. The summed E-state index contributed by atoms with van der Waals surface area (Å²) in [6, 6.07) is 14.1. The minimum atomic E-state index is 0.198. The summed E-state index contributed by atoms with van der Waals surface area (Å²) in [5.74, 6) is 1.19. The second-order valence-corrected chi connectivity index (χ2v) is 4.10. The van der Waals surface area contributed by atoms with Crippen LogP contribution in [0.1, 0.15) is 38.8 Å². The SMILES string of the molecule is CC.CC.N#Cc1cc2c(cc1N)OCO2.N#Cc1ccccc1N. The molecule has 0 saturated heterocycles. The zero-order valence-corrected chi connectivity index (χ0v) is 15.0. The molecular formula is C19H24N4O2. The summed E-state index contributed by atoms with van der Waals surface area (Å²) in [5.41, 5.74) is 12.9. The molecule has 0 aliphatic carbocycles. The van der Waals surface area contributed by atoms with Gasteiger partial charge in [0.05, 0.1) is 16.8 Å². The third-order valence-corrected chi connectivity index (χ3v) is 2.75. The minimum absolute atomic E-state index is 0.198. The van der Waals surface area contributed by atoms with Crippen LogP contribution < -0.4 is 20.9 Å². The molecule has 0 radical (unpaired) electrons. The van der Waals surface area contributed by atoms with Crippen LogP contribution in [0.2, 0.25) is 0 Å². The molecule has 0 spiro atoms. The Balaban J connectivity index is 0.000000396. The van der Waals surface area contributed by atoms with Crippen molar-refractivity contribution in [2.75, 3.05) is 18.3 Å². The highest BCUT2D eigenvalue weighted by Gasteiger charge is 2.15. The number of benzene rings is 2. The number of nitriles is 2. The summed E-state index contributed by atoms with van der Waals surface area (Å²) >= 11 is 0. The van der Waals surface area contributed by atoms with Crippen molar-refractivity contribution in [3.8, 4) is 23.6 Å². The van der Waals surface area contributed by atoms with E-state index in [4.69, 9.17) is 31.5 Å². The van der Waals surface area contributed by atoms with Crippen molar-refractivity contribution in [2.24, 2.45) is 0 Å². The molecule has 0 amide bonds. The average molecular weight is 340 g/mol. The molecule has 132 valence electrons. The van der Waals surface area contributed by atoms with Gasteiger partial charge in [-0.2, -0.15) is 10.5 Å². The van der Waals surface area contributed by atoms with E-state index >= 15 is 0 Å². The fourth-order valence-corrected chi connectivity index (χ4v) is 1.65. The van der Waals surface area contributed by atoms with Crippen molar-refractivity contribution in [3.05, 3.63) is 47.5 Å². The molecule has 6 heteroatoms. The number of nitrogens with zero attached hydrogens (tertiary/aromatic N) is 2. The van der Waals surface area contributed by atoms with Crippen LogP contribution in [0.5, 0.6) is 11.5 Å². The lowest BCUT2D eigenvalue weighted by Crippen LogP contribution is -1.92. The van der Waals surface area contributed by atoms with E-state index in [0.717, 1.165) is 0 Å². The van der Waals surface area contributed by atoms with Gasteiger partial charge in [0.25, 0.3) is 0 Å². The fraction of sp³-hybridized carbons (Fsp3) is 0.263. The van der Waals surface area contributed by atoms with Crippen LogP contribution in [0.25, 0.3) is 0 Å². The first-order valence-corrected chi connectivity index (χ1v) is 7.99. The first kappa shape index (κ1) is 21.6. The summed E-state index contributed by atoms with van der Waals surface area (Å²) in [5, 5.41) is 17.0. The van der Waals surface area contributed by atoms with Crippen LogP contribution in [-0.4, -0.2) is 6.79 Å². The number of hydrogen-bond donors (Lipinski definition) is 2. The molecule has 1 aliphatic heterocycles. The molecule has 0 fully saturated rings.